The van der Waals surface area contributed by atoms with Crippen LogP contribution in [0.15, 0.2) is 60.8 Å². The average molecular weight is 374 g/mol. The van der Waals surface area contributed by atoms with Crippen molar-refractivity contribution in [1.29, 1.82) is 0 Å². The molecule has 6 nitrogen and oxygen atoms in total. The molecule has 0 aliphatic carbocycles. The van der Waals surface area contributed by atoms with E-state index < -0.39 is 6.04 Å². The van der Waals surface area contributed by atoms with Gasteiger partial charge in [-0.2, -0.15) is 0 Å². The maximum Gasteiger partial charge on any atom is 0.246 e. The molecule has 0 unspecified atom stereocenters. The summed E-state index contributed by atoms with van der Waals surface area (Å²) in [4.78, 5) is 30.6. The number of benzene rings is 2. The van der Waals surface area contributed by atoms with Crippen molar-refractivity contribution in [2.24, 2.45) is 0 Å². The van der Waals surface area contributed by atoms with Crippen LogP contribution in [-0.4, -0.2) is 29.4 Å². The van der Waals surface area contributed by atoms with Crippen LogP contribution in [0.1, 0.15) is 19.8 Å². The van der Waals surface area contributed by atoms with Crippen LogP contribution in [0.3, 0.4) is 0 Å². The van der Waals surface area contributed by atoms with E-state index in [-0.39, 0.29) is 11.8 Å². The van der Waals surface area contributed by atoms with E-state index in [1.807, 2.05) is 61.5 Å². The maximum absolute atomic E-state index is 12.6. The Balaban J connectivity index is 1.42. The predicted molar refractivity (Wildman–Crippen MR) is 111 cm³/mol. The first-order chi connectivity index (χ1) is 13.6. The van der Waals surface area contributed by atoms with Crippen LogP contribution < -0.4 is 15.5 Å². The maximum atomic E-state index is 12.6. The quantitative estimate of drug-likeness (QED) is 0.712. The minimum atomic E-state index is -0.425. The fourth-order valence-corrected chi connectivity index (χ4v) is 3.43. The molecule has 2 amide bonds. The third-order valence-electron chi connectivity index (χ3n) is 4.93. The van der Waals surface area contributed by atoms with E-state index in [0.29, 0.717) is 6.42 Å². The van der Waals surface area contributed by atoms with Crippen LogP contribution in [0.5, 0.6) is 0 Å². The van der Waals surface area contributed by atoms with E-state index in [0.717, 1.165) is 40.9 Å². The van der Waals surface area contributed by atoms with Crippen LogP contribution >= 0.6 is 0 Å². The summed E-state index contributed by atoms with van der Waals surface area (Å²) < 4.78 is 0. The SMILES string of the molecule is C[C@@H](Nc1ccc(N2CCCC2=O)cc1)C(=O)Nc1cccc2ncccc12. The normalized spacial score (nSPS) is 14.9. The molecule has 0 bridgehead atoms. The Bertz CT molecular complexity index is 1010. The molecule has 1 aliphatic rings. The van der Waals surface area contributed by atoms with Gasteiger partial charge in [-0.3, -0.25) is 14.6 Å². The lowest BCUT2D eigenvalue weighted by atomic mass is 10.1. The Morgan fingerprint density at radius 3 is 2.68 bits per heavy atom. The number of rotatable bonds is 5. The van der Waals surface area contributed by atoms with E-state index in [2.05, 4.69) is 15.6 Å². The summed E-state index contributed by atoms with van der Waals surface area (Å²) in [5, 5.41) is 7.09. The Morgan fingerprint density at radius 1 is 1.11 bits per heavy atom. The van der Waals surface area contributed by atoms with Crippen LogP contribution in [0.25, 0.3) is 10.9 Å². The van der Waals surface area contributed by atoms with Gasteiger partial charge in [0.25, 0.3) is 0 Å². The third kappa shape index (κ3) is 3.67. The first-order valence-electron chi connectivity index (χ1n) is 9.43. The summed E-state index contributed by atoms with van der Waals surface area (Å²) in [6, 6.07) is 16.6. The molecule has 1 aliphatic heterocycles. The van der Waals surface area contributed by atoms with Gasteiger partial charge in [-0.15, -0.1) is 0 Å². The highest BCUT2D eigenvalue weighted by atomic mass is 16.2. The van der Waals surface area contributed by atoms with Crippen molar-refractivity contribution >= 4 is 39.8 Å². The highest BCUT2D eigenvalue weighted by Gasteiger charge is 2.21. The highest BCUT2D eigenvalue weighted by Crippen LogP contribution is 2.24. The number of amides is 2. The molecular formula is C22H22N4O2. The van der Waals surface area contributed by atoms with E-state index in [1.165, 1.54) is 0 Å². The molecule has 0 spiro atoms. The van der Waals surface area contributed by atoms with Crippen molar-refractivity contribution in [1.82, 2.24) is 4.98 Å². The van der Waals surface area contributed by atoms with Gasteiger partial charge in [-0.05, 0) is 61.9 Å². The van der Waals surface area contributed by atoms with Crippen molar-refractivity contribution in [2.45, 2.75) is 25.8 Å². The van der Waals surface area contributed by atoms with E-state index in [9.17, 15) is 9.59 Å². The van der Waals surface area contributed by atoms with Crippen LogP contribution in [0.2, 0.25) is 0 Å². The smallest absolute Gasteiger partial charge is 0.246 e. The first-order valence-corrected chi connectivity index (χ1v) is 9.43. The summed E-state index contributed by atoms with van der Waals surface area (Å²) in [6.45, 7) is 2.58. The van der Waals surface area contributed by atoms with Crippen molar-refractivity contribution in [2.75, 3.05) is 22.1 Å². The molecule has 0 saturated carbocycles. The molecule has 6 heteroatoms. The number of hydrogen-bond donors (Lipinski definition) is 2. The Labute approximate surface area is 163 Å². The van der Waals surface area contributed by atoms with Gasteiger partial charge >= 0.3 is 0 Å². The lowest BCUT2D eigenvalue weighted by Gasteiger charge is -2.18. The molecular weight excluding hydrogens is 352 g/mol. The van der Waals surface area contributed by atoms with Gasteiger partial charge in [-0.25, -0.2) is 0 Å². The monoisotopic (exact) mass is 374 g/mol. The zero-order valence-corrected chi connectivity index (χ0v) is 15.7. The second-order valence-corrected chi connectivity index (χ2v) is 6.93. The highest BCUT2D eigenvalue weighted by molar-refractivity contribution is 6.03. The zero-order valence-electron chi connectivity index (χ0n) is 15.7. The zero-order chi connectivity index (χ0) is 19.5. The standard InChI is InChI=1S/C22H22N4O2/c1-15(22(28)25-20-7-2-6-19-18(20)5-3-13-23-19)24-16-9-11-17(12-10-16)26-14-4-8-21(26)27/h2-3,5-7,9-13,15,24H,4,8,14H2,1H3,(H,25,28)/t15-/m1/s1. The largest absolute Gasteiger partial charge is 0.374 e. The molecule has 3 aromatic rings. The number of carbonyl (C=O) groups is 2. The molecule has 1 fully saturated rings. The fraction of sp³-hybridized carbons (Fsp3) is 0.227. The minimum Gasteiger partial charge on any atom is -0.374 e. The molecule has 142 valence electrons. The van der Waals surface area contributed by atoms with Crippen LogP contribution in [0, 0.1) is 0 Å². The second-order valence-electron chi connectivity index (χ2n) is 6.93. The van der Waals surface area contributed by atoms with Gasteiger partial charge in [0.15, 0.2) is 0 Å². The molecule has 2 N–H and O–H groups in total. The topological polar surface area (TPSA) is 74.3 Å². The lowest BCUT2D eigenvalue weighted by Crippen LogP contribution is -2.32. The number of pyridine rings is 1. The lowest BCUT2D eigenvalue weighted by molar-refractivity contribution is -0.117. The number of fused-ring (bicyclic) bond motifs is 1. The van der Waals surface area contributed by atoms with Gasteiger partial charge in [0.2, 0.25) is 11.8 Å². The molecule has 1 aromatic heterocycles. The van der Waals surface area contributed by atoms with Crippen LogP contribution in [0.4, 0.5) is 17.1 Å². The van der Waals surface area contributed by atoms with Crippen molar-refractivity contribution in [3.63, 3.8) is 0 Å². The number of aromatic nitrogens is 1. The second kappa shape index (κ2) is 7.68. The molecule has 4 rings (SSSR count). The van der Waals surface area contributed by atoms with Gasteiger partial charge in [0.1, 0.15) is 6.04 Å². The number of nitrogens with one attached hydrogen (secondary N) is 2. The summed E-state index contributed by atoms with van der Waals surface area (Å²) in [7, 11) is 0. The first kappa shape index (κ1) is 18.0. The number of hydrogen-bond acceptors (Lipinski definition) is 4. The van der Waals surface area contributed by atoms with Crippen LogP contribution in [-0.2, 0) is 9.59 Å². The number of nitrogens with zero attached hydrogens (tertiary/aromatic N) is 2. The molecule has 0 radical (unpaired) electrons. The molecule has 2 aromatic carbocycles. The predicted octanol–water partition coefficient (Wildman–Crippen LogP) is 3.80. The molecule has 1 atom stereocenters. The third-order valence-corrected chi connectivity index (χ3v) is 4.93. The van der Waals surface area contributed by atoms with E-state index >= 15 is 0 Å². The van der Waals surface area contributed by atoms with Crippen molar-refractivity contribution < 1.29 is 9.59 Å². The molecule has 28 heavy (non-hydrogen) atoms. The summed E-state index contributed by atoms with van der Waals surface area (Å²) in [6.07, 6.45) is 3.25. The number of anilines is 3. The number of carbonyl (C=O) groups excluding carboxylic acids is 2. The molecule has 1 saturated heterocycles. The van der Waals surface area contributed by atoms with Crippen molar-refractivity contribution in [3.8, 4) is 0 Å². The van der Waals surface area contributed by atoms with Gasteiger partial charge in [-0.1, -0.05) is 6.07 Å². The Morgan fingerprint density at radius 2 is 1.93 bits per heavy atom. The minimum absolute atomic E-state index is 0.129. The Hall–Kier alpha value is -3.41. The Kier molecular flexibility index (Phi) is 4.93. The average Bonchev–Trinajstić information content (AvgIpc) is 3.14. The molecule has 2 heterocycles. The summed E-state index contributed by atoms with van der Waals surface area (Å²) >= 11 is 0. The van der Waals surface area contributed by atoms with Crippen molar-refractivity contribution in [3.05, 3.63) is 60.8 Å². The van der Waals surface area contributed by atoms with E-state index in [1.54, 1.807) is 11.1 Å². The van der Waals surface area contributed by atoms with Gasteiger partial charge < -0.3 is 15.5 Å². The fourth-order valence-electron chi connectivity index (χ4n) is 3.43. The van der Waals surface area contributed by atoms with Gasteiger partial charge in [0, 0.05) is 35.9 Å². The summed E-state index contributed by atoms with van der Waals surface area (Å²) in [5.74, 6) is 0.0354. The summed E-state index contributed by atoms with van der Waals surface area (Å²) in [5.41, 5.74) is 3.31. The van der Waals surface area contributed by atoms with E-state index in [4.69, 9.17) is 0 Å². The van der Waals surface area contributed by atoms with Gasteiger partial charge in [0.05, 0.1) is 11.2 Å².